The molecule has 0 unspecified atom stereocenters. The van der Waals surface area contributed by atoms with Crippen molar-refractivity contribution in [2.75, 3.05) is 31.1 Å². The number of H-pyrrole nitrogens is 1. The van der Waals surface area contributed by atoms with Gasteiger partial charge in [0.1, 0.15) is 35.8 Å². The Morgan fingerprint density at radius 1 is 1.03 bits per heavy atom. The van der Waals surface area contributed by atoms with Crippen LogP contribution in [0, 0.1) is 11.6 Å². The molecule has 38 heavy (non-hydrogen) atoms. The van der Waals surface area contributed by atoms with E-state index in [1.165, 1.54) is 24.3 Å². The van der Waals surface area contributed by atoms with Gasteiger partial charge in [-0.2, -0.15) is 0 Å². The molecule has 196 valence electrons. The van der Waals surface area contributed by atoms with Crippen molar-refractivity contribution in [3.8, 4) is 5.75 Å². The summed E-state index contributed by atoms with van der Waals surface area (Å²) >= 11 is 0. The van der Waals surface area contributed by atoms with Gasteiger partial charge < -0.3 is 24.5 Å². The Morgan fingerprint density at radius 2 is 1.89 bits per heavy atom. The van der Waals surface area contributed by atoms with Gasteiger partial charge in [-0.1, -0.05) is 12.1 Å². The summed E-state index contributed by atoms with van der Waals surface area (Å²) in [7, 11) is 0. The third kappa shape index (κ3) is 5.04. The minimum atomic E-state index is -0.290. The second-order valence-electron chi connectivity index (χ2n) is 9.57. The van der Waals surface area contributed by atoms with Gasteiger partial charge in [-0.25, -0.2) is 23.7 Å². The SMILES string of the molecule is Fc1ccc(CCNCCn2cc(OC[C@H]3CCCN3c3ncnc4[nH]cnc34)c3cc(F)ccc32)cc1. The molecule has 6 rings (SSSR count). The molecule has 0 amide bonds. The molecule has 8 nitrogen and oxygen atoms in total. The van der Waals surface area contributed by atoms with Crippen LogP contribution in [0.5, 0.6) is 5.75 Å². The summed E-state index contributed by atoms with van der Waals surface area (Å²) in [5.41, 5.74) is 3.49. The van der Waals surface area contributed by atoms with Gasteiger partial charge in [0, 0.05) is 31.2 Å². The van der Waals surface area contributed by atoms with Gasteiger partial charge in [-0.05, 0) is 61.7 Å². The molecule has 1 aliphatic heterocycles. The number of nitrogens with one attached hydrogen (secondary N) is 2. The van der Waals surface area contributed by atoms with Crippen molar-refractivity contribution in [1.82, 2.24) is 29.8 Å². The number of fused-ring (bicyclic) bond motifs is 2. The first-order valence-corrected chi connectivity index (χ1v) is 12.9. The average molecular weight is 518 g/mol. The summed E-state index contributed by atoms with van der Waals surface area (Å²) < 4.78 is 35.7. The number of halogens is 2. The molecule has 2 N–H and O–H groups in total. The van der Waals surface area contributed by atoms with E-state index in [-0.39, 0.29) is 17.7 Å². The molecule has 0 spiro atoms. The summed E-state index contributed by atoms with van der Waals surface area (Å²) in [5, 5.41) is 4.20. The van der Waals surface area contributed by atoms with Crippen LogP contribution in [0.2, 0.25) is 0 Å². The van der Waals surface area contributed by atoms with E-state index in [2.05, 4.69) is 34.7 Å². The van der Waals surface area contributed by atoms with Crippen molar-refractivity contribution >= 4 is 27.9 Å². The fourth-order valence-electron chi connectivity index (χ4n) is 5.18. The van der Waals surface area contributed by atoms with Crippen LogP contribution in [0.15, 0.2) is 61.3 Å². The minimum absolute atomic E-state index is 0.130. The second kappa shape index (κ2) is 10.7. The number of ether oxygens (including phenoxy) is 1. The lowest BCUT2D eigenvalue weighted by Gasteiger charge is -2.25. The van der Waals surface area contributed by atoms with E-state index in [1.54, 1.807) is 18.7 Å². The zero-order chi connectivity index (χ0) is 25.9. The van der Waals surface area contributed by atoms with E-state index in [1.807, 2.05) is 18.3 Å². The summed E-state index contributed by atoms with van der Waals surface area (Å²) in [6, 6.07) is 11.5. The number of anilines is 1. The molecule has 10 heteroatoms. The predicted molar refractivity (Wildman–Crippen MR) is 142 cm³/mol. The first kappa shape index (κ1) is 24.3. The first-order chi connectivity index (χ1) is 18.7. The lowest BCUT2D eigenvalue weighted by atomic mass is 10.1. The van der Waals surface area contributed by atoms with E-state index >= 15 is 0 Å². The van der Waals surface area contributed by atoms with Crippen LogP contribution in [-0.2, 0) is 13.0 Å². The van der Waals surface area contributed by atoms with Gasteiger partial charge in [0.2, 0.25) is 0 Å². The lowest BCUT2D eigenvalue weighted by Crippen LogP contribution is -2.35. The van der Waals surface area contributed by atoms with E-state index in [0.29, 0.717) is 24.5 Å². The Morgan fingerprint density at radius 3 is 2.79 bits per heavy atom. The number of nitrogens with zero attached hydrogens (tertiary/aromatic N) is 5. The molecule has 0 radical (unpaired) electrons. The molecule has 1 atom stereocenters. The Kier molecular flexibility index (Phi) is 6.87. The Hall–Kier alpha value is -4.05. The fourth-order valence-corrected chi connectivity index (χ4v) is 5.18. The van der Waals surface area contributed by atoms with Crippen LogP contribution >= 0.6 is 0 Å². The molecule has 4 heterocycles. The number of hydrogen-bond acceptors (Lipinski definition) is 6. The normalized spacial score (nSPS) is 15.6. The van der Waals surface area contributed by atoms with Crippen LogP contribution in [0.3, 0.4) is 0 Å². The van der Waals surface area contributed by atoms with Crippen molar-refractivity contribution in [3.05, 3.63) is 78.5 Å². The van der Waals surface area contributed by atoms with E-state index in [4.69, 9.17) is 4.74 Å². The monoisotopic (exact) mass is 517 g/mol. The molecule has 3 aromatic heterocycles. The topological polar surface area (TPSA) is 83.9 Å². The predicted octanol–water partition coefficient (Wildman–Crippen LogP) is 4.47. The molecular formula is C28H29F2N7O. The van der Waals surface area contributed by atoms with Crippen molar-refractivity contribution in [2.24, 2.45) is 0 Å². The van der Waals surface area contributed by atoms with E-state index in [0.717, 1.165) is 66.7 Å². The standard InChI is InChI=1S/C28H29F2N7O/c29-20-5-3-19(4-6-20)9-10-31-11-13-36-15-25(23-14-21(30)7-8-24(23)36)38-16-22-2-1-12-37(22)28-26-27(33-17-32-26)34-18-35-28/h3-8,14-15,17-18,22,31H,1-2,9-13,16H2,(H,32,33,34,35)/t22-/m1/s1. The highest BCUT2D eigenvalue weighted by molar-refractivity contribution is 5.87. The Labute approximate surface area is 218 Å². The largest absolute Gasteiger partial charge is 0.489 e. The minimum Gasteiger partial charge on any atom is -0.489 e. The smallest absolute Gasteiger partial charge is 0.162 e. The van der Waals surface area contributed by atoms with E-state index < -0.39 is 0 Å². The van der Waals surface area contributed by atoms with Gasteiger partial charge in [-0.15, -0.1) is 0 Å². The van der Waals surface area contributed by atoms with Crippen LogP contribution < -0.4 is 15.0 Å². The zero-order valence-electron chi connectivity index (χ0n) is 20.9. The molecule has 1 saturated heterocycles. The number of benzene rings is 2. The van der Waals surface area contributed by atoms with Crippen molar-refractivity contribution in [3.63, 3.8) is 0 Å². The van der Waals surface area contributed by atoms with Gasteiger partial charge in [-0.3, -0.25) is 0 Å². The number of rotatable bonds is 10. The summed E-state index contributed by atoms with van der Waals surface area (Å²) in [6.07, 6.45) is 7.97. The van der Waals surface area contributed by atoms with Crippen molar-refractivity contribution in [2.45, 2.75) is 31.8 Å². The molecule has 1 fully saturated rings. The number of imidazole rings is 1. The maximum absolute atomic E-state index is 14.2. The number of aromatic nitrogens is 5. The maximum Gasteiger partial charge on any atom is 0.162 e. The van der Waals surface area contributed by atoms with Crippen LogP contribution in [-0.4, -0.2) is 56.8 Å². The van der Waals surface area contributed by atoms with Gasteiger partial charge >= 0.3 is 0 Å². The van der Waals surface area contributed by atoms with Crippen molar-refractivity contribution in [1.29, 1.82) is 0 Å². The highest BCUT2D eigenvalue weighted by Gasteiger charge is 2.29. The first-order valence-electron chi connectivity index (χ1n) is 12.9. The van der Waals surface area contributed by atoms with Gasteiger partial charge in [0.25, 0.3) is 0 Å². The number of aromatic amines is 1. The Balaban J connectivity index is 1.11. The van der Waals surface area contributed by atoms with Gasteiger partial charge in [0.05, 0.1) is 17.9 Å². The third-order valence-electron chi connectivity index (χ3n) is 7.12. The highest BCUT2D eigenvalue weighted by Crippen LogP contribution is 2.32. The van der Waals surface area contributed by atoms with Crippen LogP contribution in [0.4, 0.5) is 14.6 Å². The molecule has 5 aromatic rings. The Bertz CT molecular complexity index is 1530. The van der Waals surface area contributed by atoms with Crippen molar-refractivity contribution < 1.29 is 13.5 Å². The molecule has 2 aromatic carbocycles. The highest BCUT2D eigenvalue weighted by atomic mass is 19.1. The lowest BCUT2D eigenvalue weighted by molar-refractivity contribution is 0.290. The van der Waals surface area contributed by atoms with E-state index in [9.17, 15) is 8.78 Å². The fraction of sp³-hybridized carbons (Fsp3) is 0.321. The van der Waals surface area contributed by atoms with Gasteiger partial charge in [0.15, 0.2) is 11.5 Å². The van der Waals surface area contributed by atoms with Crippen LogP contribution in [0.25, 0.3) is 22.1 Å². The maximum atomic E-state index is 14.2. The summed E-state index contributed by atoms with van der Waals surface area (Å²) in [4.78, 5) is 18.4. The third-order valence-corrected chi connectivity index (χ3v) is 7.12. The molecule has 1 aliphatic rings. The molecule has 0 saturated carbocycles. The average Bonchev–Trinajstić information content (AvgIpc) is 3.67. The molecule has 0 bridgehead atoms. The van der Waals surface area contributed by atoms with Crippen LogP contribution in [0.1, 0.15) is 18.4 Å². The molecule has 0 aliphatic carbocycles. The zero-order valence-corrected chi connectivity index (χ0v) is 20.9. The number of hydrogen-bond donors (Lipinski definition) is 2. The quantitative estimate of drug-likeness (QED) is 0.266. The molecular weight excluding hydrogens is 488 g/mol. The summed E-state index contributed by atoms with van der Waals surface area (Å²) in [5.74, 6) is 0.968. The summed E-state index contributed by atoms with van der Waals surface area (Å²) in [6.45, 7) is 3.56. The second-order valence-corrected chi connectivity index (χ2v) is 9.57.